The van der Waals surface area contributed by atoms with Gasteiger partial charge >= 0.3 is 11.9 Å². The second-order valence-corrected chi connectivity index (χ2v) is 4.10. The molecule has 0 aromatic rings. The van der Waals surface area contributed by atoms with E-state index in [9.17, 15) is 14.7 Å². The van der Waals surface area contributed by atoms with Gasteiger partial charge in [0.1, 0.15) is 6.04 Å². The molecule has 0 aliphatic carbocycles. The zero-order valence-electron chi connectivity index (χ0n) is 10.4. The Hall–Kier alpha value is -1.36. The molecule has 0 fully saturated rings. The number of rotatable bonds is 9. The highest BCUT2D eigenvalue weighted by atomic mass is 16.4. The zero-order chi connectivity index (χ0) is 13.4. The van der Waals surface area contributed by atoms with Crippen LogP contribution >= 0.6 is 0 Å². The Kier molecular flexibility index (Phi) is 7.21. The number of carbonyl (C=O) groups is 2. The van der Waals surface area contributed by atoms with Crippen LogP contribution in [0.3, 0.4) is 0 Å². The largest absolute Gasteiger partial charge is 0.481 e. The van der Waals surface area contributed by atoms with Crippen molar-refractivity contribution in [2.75, 3.05) is 13.1 Å². The second-order valence-electron chi connectivity index (χ2n) is 4.10. The molecule has 0 spiro atoms. The minimum absolute atomic E-state index is 0.0266. The van der Waals surface area contributed by atoms with Gasteiger partial charge in [-0.2, -0.15) is 0 Å². The van der Waals surface area contributed by atoms with Crippen molar-refractivity contribution in [3.8, 4) is 0 Å². The number of hydrogen-bond acceptors (Lipinski definition) is 3. The van der Waals surface area contributed by atoms with Gasteiger partial charge in [0.05, 0.1) is 6.42 Å². The van der Waals surface area contributed by atoms with E-state index in [0.29, 0.717) is 6.54 Å². The molecule has 0 heterocycles. The summed E-state index contributed by atoms with van der Waals surface area (Å²) in [6, 6.07) is -0.655. The van der Waals surface area contributed by atoms with Crippen molar-refractivity contribution < 1.29 is 19.8 Å². The molecule has 0 rings (SSSR count). The Morgan fingerprint density at radius 3 is 2.35 bits per heavy atom. The van der Waals surface area contributed by atoms with Gasteiger partial charge in [-0.1, -0.05) is 26.3 Å². The fourth-order valence-electron chi connectivity index (χ4n) is 1.73. The lowest BCUT2D eigenvalue weighted by atomic mass is 9.97. The Bertz CT molecular complexity index is 278. The minimum Gasteiger partial charge on any atom is -0.481 e. The third-order valence-electron chi connectivity index (χ3n) is 2.81. The summed E-state index contributed by atoms with van der Waals surface area (Å²) in [5.74, 6) is -1.86. The smallest absolute Gasteiger partial charge is 0.321 e. The van der Waals surface area contributed by atoms with E-state index in [1.165, 1.54) is 0 Å². The van der Waals surface area contributed by atoms with Gasteiger partial charge in [0, 0.05) is 13.1 Å². The number of hydrogen-bond donors (Lipinski definition) is 2. The Labute approximate surface area is 102 Å². The molecule has 2 N–H and O–H groups in total. The van der Waals surface area contributed by atoms with E-state index in [1.54, 1.807) is 11.0 Å². The van der Waals surface area contributed by atoms with Crippen LogP contribution in [0.4, 0.5) is 0 Å². The number of aliphatic carboxylic acids is 2. The monoisotopic (exact) mass is 243 g/mol. The minimum atomic E-state index is -0.924. The molecule has 0 aromatic heterocycles. The molecule has 0 amide bonds. The molecule has 17 heavy (non-hydrogen) atoms. The molecule has 5 nitrogen and oxygen atoms in total. The fourth-order valence-corrected chi connectivity index (χ4v) is 1.73. The van der Waals surface area contributed by atoms with Crippen molar-refractivity contribution >= 4 is 11.9 Å². The molecule has 2 unspecified atom stereocenters. The van der Waals surface area contributed by atoms with Crippen molar-refractivity contribution in [2.24, 2.45) is 5.92 Å². The van der Waals surface area contributed by atoms with Crippen LogP contribution in [0.1, 0.15) is 26.7 Å². The third kappa shape index (κ3) is 5.49. The number of nitrogens with zero attached hydrogens (tertiary/aromatic N) is 1. The molecule has 2 atom stereocenters. The van der Waals surface area contributed by atoms with Crippen LogP contribution in [0.15, 0.2) is 12.7 Å². The molecule has 0 aromatic carbocycles. The molecule has 98 valence electrons. The van der Waals surface area contributed by atoms with E-state index < -0.39 is 18.0 Å². The van der Waals surface area contributed by atoms with Crippen LogP contribution in [0.25, 0.3) is 0 Å². The summed E-state index contributed by atoms with van der Waals surface area (Å²) in [5, 5.41) is 17.9. The average molecular weight is 243 g/mol. The predicted octanol–water partition coefficient (Wildman–Crippen LogP) is 1.45. The fraction of sp³-hybridized carbons (Fsp3) is 0.667. The Morgan fingerprint density at radius 2 is 2.00 bits per heavy atom. The second kappa shape index (κ2) is 7.84. The van der Waals surface area contributed by atoms with Crippen molar-refractivity contribution in [3.63, 3.8) is 0 Å². The van der Waals surface area contributed by atoms with E-state index in [4.69, 9.17) is 5.11 Å². The van der Waals surface area contributed by atoms with Gasteiger partial charge in [0.2, 0.25) is 0 Å². The van der Waals surface area contributed by atoms with Gasteiger partial charge in [-0.25, -0.2) is 0 Å². The molecule has 5 heteroatoms. The number of carboxylic acids is 2. The maximum atomic E-state index is 11.2. The molecule has 0 bridgehead atoms. The normalized spacial score (nSPS) is 14.3. The molecule has 0 aliphatic rings. The number of carboxylic acid groups (broad SMARTS) is 2. The van der Waals surface area contributed by atoms with Gasteiger partial charge in [-0.15, -0.1) is 6.58 Å². The molecule has 0 aliphatic heterocycles. The van der Waals surface area contributed by atoms with Gasteiger partial charge in [0.15, 0.2) is 0 Å². The quantitative estimate of drug-likeness (QED) is 0.599. The van der Waals surface area contributed by atoms with E-state index in [-0.39, 0.29) is 18.9 Å². The lowest BCUT2D eigenvalue weighted by molar-refractivity contribution is -0.146. The summed E-state index contributed by atoms with van der Waals surface area (Å²) in [4.78, 5) is 23.4. The summed E-state index contributed by atoms with van der Waals surface area (Å²) in [5.41, 5.74) is 0. The maximum Gasteiger partial charge on any atom is 0.321 e. The standard InChI is InChI=1S/C12H21NO4/c1-4-7-13(8-6-10(14)15)11(12(16)17)9(3)5-2/h4,9,11H,1,5-8H2,2-3H3,(H,14,15)(H,16,17). The van der Waals surface area contributed by atoms with E-state index in [1.807, 2.05) is 13.8 Å². The topological polar surface area (TPSA) is 77.8 Å². The molecule has 0 saturated heterocycles. The summed E-state index contributed by atoms with van der Waals surface area (Å²) in [6.07, 6.45) is 2.27. The highest BCUT2D eigenvalue weighted by Crippen LogP contribution is 2.15. The van der Waals surface area contributed by atoms with E-state index in [0.717, 1.165) is 6.42 Å². The molecule has 0 radical (unpaired) electrons. The highest BCUT2D eigenvalue weighted by molar-refractivity contribution is 5.74. The first kappa shape index (κ1) is 15.6. The summed E-state index contributed by atoms with van der Waals surface area (Å²) in [7, 11) is 0. The van der Waals surface area contributed by atoms with Crippen LogP contribution in [0.2, 0.25) is 0 Å². The lowest BCUT2D eigenvalue weighted by Gasteiger charge is -2.31. The lowest BCUT2D eigenvalue weighted by Crippen LogP contribution is -2.46. The van der Waals surface area contributed by atoms with Gasteiger partial charge in [-0.3, -0.25) is 14.5 Å². The van der Waals surface area contributed by atoms with E-state index in [2.05, 4.69) is 6.58 Å². The van der Waals surface area contributed by atoms with Crippen LogP contribution in [0.5, 0.6) is 0 Å². The van der Waals surface area contributed by atoms with Crippen LogP contribution < -0.4 is 0 Å². The summed E-state index contributed by atoms with van der Waals surface area (Å²) < 4.78 is 0. The first-order valence-electron chi connectivity index (χ1n) is 5.73. The maximum absolute atomic E-state index is 11.2. The first-order valence-corrected chi connectivity index (χ1v) is 5.73. The van der Waals surface area contributed by atoms with Gasteiger partial charge in [0.25, 0.3) is 0 Å². The molecular weight excluding hydrogens is 222 g/mol. The van der Waals surface area contributed by atoms with Gasteiger partial charge < -0.3 is 10.2 Å². The summed E-state index contributed by atoms with van der Waals surface area (Å²) in [6.45, 7) is 7.96. The molecule has 0 saturated carbocycles. The van der Waals surface area contributed by atoms with E-state index >= 15 is 0 Å². The SMILES string of the molecule is C=CCN(CCC(=O)O)C(C(=O)O)C(C)CC. The van der Waals surface area contributed by atoms with Crippen LogP contribution in [0, 0.1) is 5.92 Å². The summed E-state index contributed by atoms with van der Waals surface area (Å²) >= 11 is 0. The van der Waals surface area contributed by atoms with Crippen molar-refractivity contribution in [3.05, 3.63) is 12.7 Å². The highest BCUT2D eigenvalue weighted by Gasteiger charge is 2.29. The Morgan fingerprint density at radius 1 is 1.41 bits per heavy atom. The first-order chi connectivity index (χ1) is 7.93. The van der Waals surface area contributed by atoms with Gasteiger partial charge in [-0.05, 0) is 5.92 Å². The predicted molar refractivity (Wildman–Crippen MR) is 64.9 cm³/mol. The van der Waals surface area contributed by atoms with Crippen molar-refractivity contribution in [2.45, 2.75) is 32.7 Å². The molecular formula is C12H21NO4. The Balaban J connectivity index is 4.75. The van der Waals surface area contributed by atoms with Crippen LogP contribution in [-0.2, 0) is 9.59 Å². The van der Waals surface area contributed by atoms with Crippen molar-refractivity contribution in [1.82, 2.24) is 4.90 Å². The van der Waals surface area contributed by atoms with Crippen LogP contribution in [-0.4, -0.2) is 46.2 Å². The third-order valence-corrected chi connectivity index (χ3v) is 2.81. The zero-order valence-corrected chi connectivity index (χ0v) is 10.4. The average Bonchev–Trinajstić information content (AvgIpc) is 2.25. The van der Waals surface area contributed by atoms with Crippen molar-refractivity contribution in [1.29, 1.82) is 0 Å².